The summed E-state index contributed by atoms with van der Waals surface area (Å²) in [5, 5.41) is 8.60. The fourth-order valence-electron chi connectivity index (χ4n) is 2.93. The van der Waals surface area contributed by atoms with Gasteiger partial charge in [-0.1, -0.05) is 36.4 Å². The summed E-state index contributed by atoms with van der Waals surface area (Å²) in [4.78, 5) is 24.2. The van der Waals surface area contributed by atoms with Gasteiger partial charge in [0.2, 0.25) is 0 Å². The number of hydrogen-bond donors (Lipinski definition) is 2. The average molecular weight is 405 g/mol. The van der Waals surface area contributed by atoms with Crippen LogP contribution >= 0.6 is 0 Å². The molecule has 0 aliphatic carbocycles. The maximum Gasteiger partial charge on any atom is 0.259 e. The first-order valence-electron chi connectivity index (χ1n) is 9.51. The Morgan fingerprint density at radius 2 is 1.90 bits per heavy atom. The summed E-state index contributed by atoms with van der Waals surface area (Å²) in [6.45, 7) is 2.21. The number of carbonyl (C=O) groups is 2. The topological polar surface area (TPSA) is 89.0 Å². The number of nitrogens with zero attached hydrogens (tertiary/aromatic N) is 1. The van der Waals surface area contributed by atoms with Crippen LogP contribution in [0.1, 0.15) is 22.8 Å². The number of nitrogens with one attached hydrogen (secondary N) is 2. The van der Waals surface area contributed by atoms with Gasteiger partial charge in [-0.05, 0) is 42.0 Å². The van der Waals surface area contributed by atoms with Crippen LogP contribution in [0.25, 0.3) is 10.8 Å². The van der Waals surface area contributed by atoms with E-state index in [0.717, 1.165) is 16.3 Å². The molecule has 3 rings (SSSR count). The average Bonchev–Trinajstić information content (AvgIpc) is 2.78. The Kier molecular flexibility index (Phi) is 7.00. The van der Waals surface area contributed by atoms with E-state index in [1.165, 1.54) is 7.11 Å². The fourth-order valence-corrected chi connectivity index (χ4v) is 2.93. The van der Waals surface area contributed by atoms with Crippen molar-refractivity contribution < 1.29 is 19.1 Å². The first-order valence-corrected chi connectivity index (χ1v) is 9.51. The minimum absolute atomic E-state index is 0.207. The summed E-state index contributed by atoms with van der Waals surface area (Å²) < 4.78 is 10.8. The van der Waals surface area contributed by atoms with Crippen LogP contribution in [-0.4, -0.2) is 38.3 Å². The van der Waals surface area contributed by atoms with Crippen LogP contribution in [0.15, 0.2) is 65.8 Å². The van der Waals surface area contributed by atoms with E-state index in [0.29, 0.717) is 23.7 Å². The third kappa shape index (κ3) is 5.14. The summed E-state index contributed by atoms with van der Waals surface area (Å²) in [5.74, 6) is 0.429. The van der Waals surface area contributed by atoms with E-state index in [1.807, 2.05) is 43.3 Å². The van der Waals surface area contributed by atoms with Gasteiger partial charge in [0, 0.05) is 11.1 Å². The minimum Gasteiger partial charge on any atom is -0.497 e. The second-order valence-corrected chi connectivity index (χ2v) is 6.34. The number of carbonyl (C=O) groups excluding carboxylic acids is 2. The second-order valence-electron chi connectivity index (χ2n) is 6.34. The van der Waals surface area contributed by atoms with Crippen LogP contribution in [0.3, 0.4) is 0 Å². The standard InChI is InChI=1S/C23H23N3O4/c1-3-30-21-12-11-16-7-4-5-10-19(16)20(21)14-25-26-22(27)15-24-23(28)17-8-6-9-18(13-17)29-2/h4-14H,3,15H2,1-2H3,(H,24,28)(H,26,27)/b25-14+. The number of amides is 2. The van der Waals surface area contributed by atoms with E-state index >= 15 is 0 Å². The lowest BCUT2D eigenvalue weighted by atomic mass is 10.0. The molecule has 7 nitrogen and oxygen atoms in total. The molecule has 0 saturated heterocycles. The SMILES string of the molecule is CCOc1ccc2ccccc2c1/C=N/NC(=O)CNC(=O)c1cccc(OC)c1. The Labute approximate surface area is 174 Å². The monoisotopic (exact) mass is 405 g/mol. The molecule has 30 heavy (non-hydrogen) atoms. The Bertz CT molecular complexity index is 1080. The molecular formula is C23H23N3O4. The number of ether oxygens (including phenoxy) is 2. The lowest BCUT2D eigenvalue weighted by Gasteiger charge is -2.10. The van der Waals surface area contributed by atoms with Gasteiger partial charge in [-0.3, -0.25) is 9.59 Å². The predicted molar refractivity (Wildman–Crippen MR) is 116 cm³/mol. The van der Waals surface area contributed by atoms with E-state index in [9.17, 15) is 9.59 Å². The first-order chi connectivity index (χ1) is 14.6. The van der Waals surface area contributed by atoms with Gasteiger partial charge in [0.15, 0.2) is 0 Å². The Balaban J connectivity index is 1.63. The molecule has 3 aromatic carbocycles. The Hall–Kier alpha value is -3.87. The van der Waals surface area contributed by atoms with Gasteiger partial charge >= 0.3 is 0 Å². The van der Waals surface area contributed by atoms with Crippen LogP contribution in [0.5, 0.6) is 11.5 Å². The molecule has 0 bridgehead atoms. The summed E-state index contributed by atoms with van der Waals surface area (Å²) in [7, 11) is 1.52. The third-order valence-electron chi connectivity index (χ3n) is 4.35. The van der Waals surface area contributed by atoms with Crippen LogP contribution in [0.2, 0.25) is 0 Å². The van der Waals surface area contributed by atoms with E-state index in [-0.39, 0.29) is 12.5 Å². The zero-order valence-electron chi connectivity index (χ0n) is 16.8. The molecule has 0 aromatic heterocycles. The van der Waals surface area contributed by atoms with E-state index in [1.54, 1.807) is 30.5 Å². The highest BCUT2D eigenvalue weighted by atomic mass is 16.5. The first kappa shape index (κ1) is 20.9. The van der Waals surface area contributed by atoms with Crippen molar-refractivity contribution in [3.05, 3.63) is 71.8 Å². The molecule has 0 aliphatic rings. The van der Waals surface area contributed by atoms with Crippen LogP contribution in [0.4, 0.5) is 0 Å². The minimum atomic E-state index is -0.444. The van der Waals surface area contributed by atoms with Crippen molar-refractivity contribution >= 4 is 28.8 Å². The molecule has 0 unspecified atom stereocenters. The third-order valence-corrected chi connectivity index (χ3v) is 4.35. The molecule has 0 radical (unpaired) electrons. The van der Waals surface area contributed by atoms with Crippen molar-refractivity contribution in [2.75, 3.05) is 20.3 Å². The molecule has 0 saturated carbocycles. The summed E-state index contributed by atoms with van der Waals surface area (Å²) in [6, 6.07) is 18.4. The van der Waals surface area contributed by atoms with Crippen molar-refractivity contribution in [2.24, 2.45) is 5.10 Å². The maximum absolute atomic E-state index is 12.2. The summed E-state index contributed by atoms with van der Waals surface area (Å²) >= 11 is 0. The lowest BCUT2D eigenvalue weighted by Crippen LogP contribution is -2.34. The van der Waals surface area contributed by atoms with Gasteiger partial charge in [0.1, 0.15) is 11.5 Å². The molecule has 3 aromatic rings. The number of benzene rings is 3. The number of hydrazone groups is 1. The van der Waals surface area contributed by atoms with Gasteiger partial charge in [-0.15, -0.1) is 0 Å². The lowest BCUT2D eigenvalue weighted by molar-refractivity contribution is -0.120. The van der Waals surface area contributed by atoms with Crippen molar-refractivity contribution in [2.45, 2.75) is 6.92 Å². The zero-order valence-corrected chi connectivity index (χ0v) is 16.8. The van der Waals surface area contributed by atoms with Crippen molar-refractivity contribution in [1.82, 2.24) is 10.7 Å². The molecule has 0 aliphatic heterocycles. The number of fused-ring (bicyclic) bond motifs is 1. The van der Waals surface area contributed by atoms with Crippen molar-refractivity contribution in [3.63, 3.8) is 0 Å². The van der Waals surface area contributed by atoms with Crippen LogP contribution in [0, 0.1) is 0 Å². The molecule has 0 atom stereocenters. The highest BCUT2D eigenvalue weighted by molar-refractivity contribution is 6.03. The highest BCUT2D eigenvalue weighted by Crippen LogP contribution is 2.26. The van der Waals surface area contributed by atoms with E-state index < -0.39 is 5.91 Å². The number of hydrogen-bond acceptors (Lipinski definition) is 5. The van der Waals surface area contributed by atoms with Gasteiger partial charge < -0.3 is 14.8 Å². The quantitative estimate of drug-likeness (QED) is 0.445. The molecule has 0 spiro atoms. The summed E-state index contributed by atoms with van der Waals surface area (Å²) in [5.41, 5.74) is 3.61. The van der Waals surface area contributed by atoms with Crippen LogP contribution < -0.4 is 20.2 Å². The van der Waals surface area contributed by atoms with E-state index in [4.69, 9.17) is 9.47 Å². The predicted octanol–water partition coefficient (Wildman–Crippen LogP) is 3.13. The molecule has 0 heterocycles. The molecule has 2 amide bonds. The normalized spacial score (nSPS) is 10.7. The van der Waals surface area contributed by atoms with Crippen molar-refractivity contribution in [1.29, 1.82) is 0 Å². The Morgan fingerprint density at radius 3 is 2.70 bits per heavy atom. The maximum atomic E-state index is 12.2. The Morgan fingerprint density at radius 1 is 1.07 bits per heavy atom. The number of methoxy groups -OCH3 is 1. The van der Waals surface area contributed by atoms with Gasteiger partial charge in [-0.25, -0.2) is 5.43 Å². The molecule has 154 valence electrons. The molecule has 2 N–H and O–H groups in total. The molecular weight excluding hydrogens is 382 g/mol. The van der Waals surface area contributed by atoms with Crippen LogP contribution in [-0.2, 0) is 4.79 Å². The van der Waals surface area contributed by atoms with Gasteiger partial charge in [-0.2, -0.15) is 5.10 Å². The zero-order chi connectivity index (χ0) is 21.3. The highest BCUT2D eigenvalue weighted by Gasteiger charge is 2.09. The van der Waals surface area contributed by atoms with Crippen molar-refractivity contribution in [3.8, 4) is 11.5 Å². The molecule has 0 fully saturated rings. The second kappa shape index (κ2) is 10.1. The summed E-state index contributed by atoms with van der Waals surface area (Å²) in [6.07, 6.45) is 1.55. The van der Waals surface area contributed by atoms with E-state index in [2.05, 4.69) is 15.8 Å². The largest absolute Gasteiger partial charge is 0.497 e. The van der Waals surface area contributed by atoms with Gasteiger partial charge in [0.25, 0.3) is 11.8 Å². The molecule has 7 heteroatoms. The number of rotatable bonds is 8. The fraction of sp³-hybridized carbons (Fsp3) is 0.174. The van der Waals surface area contributed by atoms with Gasteiger partial charge in [0.05, 0.1) is 26.5 Å². The smallest absolute Gasteiger partial charge is 0.259 e.